The molecule has 4 N–H and O–H groups in total. The maximum Gasteiger partial charge on any atom is 0.246 e. The molecule has 2 atom stereocenters. The number of rotatable bonds is 12. The van der Waals surface area contributed by atoms with E-state index < -0.39 is 0 Å². The van der Waals surface area contributed by atoms with Gasteiger partial charge in [0.05, 0.1) is 35.0 Å². The second-order valence-corrected chi connectivity index (χ2v) is 8.88. The number of aromatic amines is 1. The quantitative estimate of drug-likeness (QED) is 0.254. The third kappa shape index (κ3) is 5.92. The van der Waals surface area contributed by atoms with Crippen LogP contribution in [0.1, 0.15) is 19.3 Å². The summed E-state index contributed by atoms with van der Waals surface area (Å²) in [5.74, 6) is 0.549. The van der Waals surface area contributed by atoms with Crippen molar-refractivity contribution in [1.82, 2.24) is 29.6 Å². The average molecular weight is 503 g/mol. The number of hydrogen-bond acceptors (Lipinski definition) is 8. The third-order valence-corrected chi connectivity index (χ3v) is 6.33. The van der Waals surface area contributed by atoms with Crippen LogP contribution < -0.4 is 15.8 Å². The number of nitrogens with one attached hydrogen (secondary N) is 2. The predicted molar refractivity (Wildman–Crippen MR) is 134 cm³/mol. The number of carbonyl (C=O) groups is 1. The molecule has 0 unspecified atom stereocenters. The van der Waals surface area contributed by atoms with Crippen LogP contribution in [0.2, 0.25) is 5.02 Å². The molecule has 4 rings (SSSR count). The smallest absolute Gasteiger partial charge is 0.246 e. The molecule has 1 amide bonds. The van der Waals surface area contributed by atoms with Gasteiger partial charge in [-0.2, -0.15) is 15.1 Å². The van der Waals surface area contributed by atoms with Crippen LogP contribution in [0.15, 0.2) is 31.2 Å². The molecule has 0 bridgehead atoms. The number of halogens is 1. The second-order valence-electron chi connectivity index (χ2n) is 8.47. The molecule has 188 valence electrons. The first-order chi connectivity index (χ1) is 17.0. The number of anilines is 2. The van der Waals surface area contributed by atoms with E-state index in [4.69, 9.17) is 26.8 Å². The van der Waals surface area contributed by atoms with E-state index >= 15 is 0 Å². The minimum absolute atomic E-state index is 0.0273. The summed E-state index contributed by atoms with van der Waals surface area (Å²) in [5, 5.41) is 8.63. The molecule has 3 aromatic heterocycles. The zero-order valence-electron chi connectivity index (χ0n) is 19.7. The number of ether oxygens (including phenoxy) is 2. The van der Waals surface area contributed by atoms with Crippen LogP contribution in [0.3, 0.4) is 0 Å². The van der Waals surface area contributed by atoms with E-state index in [1.54, 1.807) is 24.4 Å². The van der Waals surface area contributed by atoms with Crippen molar-refractivity contribution < 1.29 is 14.3 Å². The van der Waals surface area contributed by atoms with Gasteiger partial charge in [-0.15, -0.1) is 0 Å². The predicted octanol–water partition coefficient (Wildman–Crippen LogP) is 2.72. The van der Waals surface area contributed by atoms with Gasteiger partial charge in [-0.25, -0.2) is 0 Å². The largest absolute Gasteiger partial charge is 0.477 e. The highest BCUT2D eigenvalue weighted by Gasteiger charge is 2.35. The van der Waals surface area contributed by atoms with Crippen molar-refractivity contribution in [2.75, 3.05) is 38.7 Å². The molecule has 1 aliphatic heterocycles. The Hall–Kier alpha value is -3.15. The van der Waals surface area contributed by atoms with Crippen molar-refractivity contribution in [1.29, 1.82) is 0 Å². The number of unbranched alkanes of at least 4 members (excludes halogenated alkanes) is 2. The van der Waals surface area contributed by atoms with E-state index in [0.717, 1.165) is 31.5 Å². The van der Waals surface area contributed by atoms with Crippen LogP contribution in [0.4, 0.5) is 11.6 Å². The first-order valence-electron chi connectivity index (χ1n) is 11.6. The minimum Gasteiger partial charge on any atom is -0.477 e. The van der Waals surface area contributed by atoms with Gasteiger partial charge in [-0.3, -0.25) is 9.48 Å². The van der Waals surface area contributed by atoms with E-state index in [9.17, 15) is 4.79 Å². The molecule has 35 heavy (non-hydrogen) atoms. The monoisotopic (exact) mass is 502 g/mol. The molecule has 4 heterocycles. The zero-order chi connectivity index (χ0) is 24.8. The topological polar surface area (TPSA) is 136 Å². The average Bonchev–Trinajstić information content (AvgIpc) is 3.58. The summed E-state index contributed by atoms with van der Waals surface area (Å²) in [5.41, 5.74) is 6.87. The molecule has 0 saturated carbocycles. The number of likely N-dealkylation sites (tertiary alicyclic amines) is 1. The van der Waals surface area contributed by atoms with Gasteiger partial charge in [-0.05, 0) is 25.5 Å². The number of hydrogen-bond donors (Lipinski definition) is 3. The van der Waals surface area contributed by atoms with Crippen LogP contribution in [-0.4, -0.2) is 75.0 Å². The Morgan fingerprint density at radius 3 is 3.00 bits per heavy atom. The van der Waals surface area contributed by atoms with Gasteiger partial charge in [0, 0.05) is 45.1 Å². The Balaban J connectivity index is 1.47. The van der Waals surface area contributed by atoms with E-state index in [2.05, 4.69) is 31.9 Å². The van der Waals surface area contributed by atoms with Crippen LogP contribution >= 0.6 is 11.6 Å². The Labute approximate surface area is 208 Å². The fourth-order valence-corrected chi connectivity index (χ4v) is 4.39. The highest BCUT2D eigenvalue weighted by Crippen LogP contribution is 2.32. The molecule has 1 saturated heterocycles. The molecule has 1 fully saturated rings. The van der Waals surface area contributed by atoms with Gasteiger partial charge in [0.25, 0.3) is 0 Å². The minimum atomic E-state index is -0.147. The lowest BCUT2D eigenvalue weighted by Crippen LogP contribution is -2.28. The summed E-state index contributed by atoms with van der Waals surface area (Å²) < 4.78 is 13.6. The van der Waals surface area contributed by atoms with Crippen molar-refractivity contribution in [3.63, 3.8) is 0 Å². The molecule has 0 aliphatic carbocycles. The first-order valence-corrected chi connectivity index (χ1v) is 12.0. The molecule has 0 aromatic carbocycles. The molecule has 11 nitrogen and oxygen atoms in total. The number of nitrogens with zero attached hydrogens (tertiary/aromatic N) is 5. The summed E-state index contributed by atoms with van der Waals surface area (Å²) >= 11 is 6.38. The fourth-order valence-electron chi connectivity index (χ4n) is 4.16. The van der Waals surface area contributed by atoms with Gasteiger partial charge < -0.3 is 30.4 Å². The molecule has 0 radical (unpaired) electrons. The highest BCUT2D eigenvalue weighted by atomic mass is 35.5. The third-order valence-electron chi connectivity index (χ3n) is 6.04. The SMILES string of the molecule is C=CC(=O)N1C[C@H](COc2nc(Nc3cnn(CCCCCN)c3)nc3[nH]cc(Cl)c23)[C@@H](OC)C1. The highest BCUT2D eigenvalue weighted by molar-refractivity contribution is 6.35. The standard InChI is InChI=1S/C23H31ClN8O3/c1-3-19(33)31-11-15(18(13-31)34-2)14-35-22-20-17(24)10-26-21(20)29-23(30-22)28-16-9-27-32(12-16)8-6-4-5-7-25/h3,9-10,12,15,18H,1,4-8,11,13-14,25H2,2H3,(H2,26,28,29,30)/t15-,18+/m1/s1. The Bertz CT molecular complexity index is 1160. The molecular formula is C23H31ClN8O3. The first kappa shape index (κ1) is 25.0. The number of methoxy groups -OCH3 is 1. The molecule has 3 aromatic rings. The molecule has 12 heteroatoms. The Morgan fingerprint density at radius 1 is 1.37 bits per heavy atom. The van der Waals surface area contributed by atoms with Gasteiger partial charge >= 0.3 is 0 Å². The van der Waals surface area contributed by atoms with Crippen molar-refractivity contribution >= 4 is 40.2 Å². The number of aromatic nitrogens is 5. The number of H-pyrrole nitrogens is 1. The van der Waals surface area contributed by atoms with E-state index in [1.807, 2.05) is 10.9 Å². The number of fused-ring (bicyclic) bond motifs is 1. The van der Waals surface area contributed by atoms with E-state index in [-0.39, 0.29) is 17.9 Å². The van der Waals surface area contributed by atoms with E-state index in [1.165, 1.54) is 6.08 Å². The van der Waals surface area contributed by atoms with Crippen LogP contribution in [0.5, 0.6) is 5.88 Å². The lowest BCUT2D eigenvalue weighted by molar-refractivity contribution is -0.125. The summed E-state index contributed by atoms with van der Waals surface area (Å²) in [6.45, 7) is 6.38. The van der Waals surface area contributed by atoms with Gasteiger partial charge in [0.15, 0.2) is 0 Å². The van der Waals surface area contributed by atoms with Crippen molar-refractivity contribution in [2.45, 2.75) is 31.9 Å². The van der Waals surface area contributed by atoms with Crippen molar-refractivity contribution in [3.8, 4) is 5.88 Å². The van der Waals surface area contributed by atoms with Crippen molar-refractivity contribution in [3.05, 3.63) is 36.3 Å². The summed E-state index contributed by atoms with van der Waals surface area (Å²) in [4.78, 5) is 25.9. The van der Waals surface area contributed by atoms with E-state index in [0.29, 0.717) is 54.1 Å². The van der Waals surface area contributed by atoms with Crippen molar-refractivity contribution in [2.24, 2.45) is 11.7 Å². The summed E-state index contributed by atoms with van der Waals surface area (Å²) in [7, 11) is 1.63. The maximum atomic E-state index is 12.0. The van der Waals surface area contributed by atoms with Gasteiger partial charge in [-0.1, -0.05) is 24.6 Å². The van der Waals surface area contributed by atoms with Crippen LogP contribution in [0, 0.1) is 5.92 Å². The van der Waals surface area contributed by atoms with Crippen LogP contribution in [0.25, 0.3) is 11.0 Å². The van der Waals surface area contributed by atoms with Gasteiger partial charge in [0.2, 0.25) is 17.7 Å². The molecular weight excluding hydrogens is 472 g/mol. The normalized spacial score (nSPS) is 17.7. The summed E-state index contributed by atoms with van der Waals surface area (Å²) in [6, 6.07) is 0. The fraction of sp³-hybridized carbons (Fsp3) is 0.478. The number of aryl methyl sites for hydroxylation is 1. The van der Waals surface area contributed by atoms with Gasteiger partial charge in [0.1, 0.15) is 5.65 Å². The lowest BCUT2D eigenvalue weighted by atomic mass is 10.1. The number of carbonyl (C=O) groups excluding carboxylic acids is 1. The summed E-state index contributed by atoms with van der Waals surface area (Å²) in [6.07, 6.45) is 9.54. The zero-order valence-corrected chi connectivity index (χ0v) is 20.5. The molecule has 0 spiro atoms. The Kier molecular flexibility index (Phi) is 8.21. The Morgan fingerprint density at radius 2 is 2.23 bits per heavy atom. The second kappa shape index (κ2) is 11.5. The van der Waals surface area contributed by atoms with Crippen LogP contribution in [-0.2, 0) is 16.1 Å². The number of nitrogens with two attached hydrogens (primary N) is 1. The number of amides is 1. The molecule has 1 aliphatic rings. The maximum absolute atomic E-state index is 12.0. The lowest BCUT2D eigenvalue weighted by Gasteiger charge is -2.17.